The van der Waals surface area contributed by atoms with Crippen LogP contribution in [0.25, 0.3) is 0 Å². The average molecular weight is 523 g/mol. The fourth-order valence-corrected chi connectivity index (χ4v) is 5.77. The summed E-state index contributed by atoms with van der Waals surface area (Å²) >= 11 is 6.29. The van der Waals surface area contributed by atoms with Crippen LogP contribution in [0, 0.1) is 11.8 Å². The fraction of sp³-hybridized carbons (Fsp3) is 0.704. The molecule has 1 aromatic rings. The van der Waals surface area contributed by atoms with Gasteiger partial charge in [0.15, 0.2) is 0 Å². The van der Waals surface area contributed by atoms with Gasteiger partial charge in [-0.3, -0.25) is 0 Å². The number of likely N-dealkylation sites (tertiary alicyclic amines) is 1. The van der Waals surface area contributed by atoms with Crippen LogP contribution in [0.2, 0.25) is 5.02 Å². The van der Waals surface area contributed by atoms with Crippen LogP contribution >= 0.6 is 11.6 Å². The third kappa shape index (κ3) is 9.12. The third-order valence-electron chi connectivity index (χ3n) is 7.33. The number of halogens is 1. The molecule has 1 aliphatic carbocycles. The molecule has 202 valence electrons. The summed E-state index contributed by atoms with van der Waals surface area (Å²) in [4.78, 5) is 26.6. The van der Waals surface area contributed by atoms with E-state index in [1.165, 1.54) is 39.2 Å². The van der Waals surface area contributed by atoms with E-state index in [0.29, 0.717) is 30.6 Å². The fourth-order valence-electron chi connectivity index (χ4n) is 5.57. The van der Waals surface area contributed by atoms with Crippen molar-refractivity contribution < 1.29 is 19.1 Å². The second-order valence-electron chi connectivity index (χ2n) is 10.1. The average Bonchev–Trinajstić information content (AvgIpc) is 2.89. The summed E-state index contributed by atoms with van der Waals surface area (Å²) in [5.41, 5.74) is 0.984. The number of nitrogens with one attached hydrogen (secondary N) is 3. The summed E-state index contributed by atoms with van der Waals surface area (Å²) in [7, 11) is 3.28. The lowest BCUT2D eigenvalue weighted by Gasteiger charge is -2.38. The number of methoxy groups -OCH3 is 1. The monoisotopic (exact) mass is 522 g/mol. The minimum Gasteiger partial charge on any atom is -0.453 e. The lowest BCUT2D eigenvalue weighted by Crippen LogP contribution is -2.52. The molecule has 1 aromatic carbocycles. The lowest BCUT2D eigenvalue weighted by molar-refractivity contribution is -0.00864. The molecular formula is C27H43ClN4O4. The molecular weight excluding hydrogens is 480 g/mol. The molecule has 8 nitrogen and oxygen atoms in total. The Morgan fingerprint density at radius 1 is 1.17 bits per heavy atom. The number of piperidine rings is 1. The minimum atomic E-state index is -0.484. The maximum atomic E-state index is 13.3. The molecule has 3 N–H and O–H groups in total. The maximum Gasteiger partial charge on any atom is 0.406 e. The van der Waals surface area contributed by atoms with Gasteiger partial charge in [0, 0.05) is 43.2 Å². The predicted octanol–water partition coefficient (Wildman–Crippen LogP) is 4.73. The summed E-state index contributed by atoms with van der Waals surface area (Å²) in [5.74, 6) is 0.827. The molecule has 0 aromatic heterocycles. The molecule has 3 amide bonds. The molecule has 9 heteroatoms. The zero-order valence-corrected chi connectivity index (χ0v) is 22.5. The first-order valence-electron chi connectivity index (χ1n) is 13.4. The van der Waals surface area contributed by atoms with Crippen LogP contribution in [-0.4, -0.2) is 70.0 Å². The second-order valence-corrected chi connectivity index (χ2v) is 10.5. The Kier molecular flexibility index (Phi) is 12.1. The quantitative estimate of drug-likeness (QED) is 0.365. The van der Waals surface area contributed by atoms with Gasteiger partial charge < -0.3 is 30.3 Å². The van der Waals surface area contributed by atoms with Crippen LogP contribution in [0.1, 0.15) is 63.0 Å². The first kappa shape index (κ1) is 28.5. The lowest BCUT2D eigenvalue weighted by atomic mass is 9.85. The van der Waals surface area contributed by atoms with Crippen molar-refractivity contribution >= 4 is 23.7 Å². The Hall–Kier alpha value is -2.03. The maximum absolute atomic E-state index is 13.3. The van der Waals surface area contributed by atoms with Crippen LogP contribution in [-0.2, 0) is 9.47 Å². The molecule has 1 saturated heterocycles. The van der Waals surface area contributed by atoms with Gasteiger partial charge in [0.1, 0.15) is 0 Å². The minimum absolute atomic E-state index is 0.00737. The Labute approximate surface area is 220 Å². The van der Waals surface area contributed by atoms with Crippen molar-refractivity contribution in [2.75, 3.05) is 46.9 Å². The topological polar surface area (TPSA) is 91.9 Å². The van der Waals surface area contributed by atoms with Crippen molar-refractivity contribution in [1.29, 1.82) is 0 Å². The smallest absolute Gasteiger partial charge is 0.406 e. The van der Waals surface area contributed by atoms with Gasteiger partial charge in [0.2, 0.25) is 0 Å². The van der Waals surface area contributed by atoms with Gasteiger partial charge in [0.25, 0.3) is 0 Å². The van der Waals surface area contributed by atoms with Crippen molar-refractivity contribution in [3.05, 3.63) is 34.9 Å². The Bertz CT molecular complexity index is 821. The highest BCUT2D eigenvalue weighted by molar-refractivity contribution is 6.30. The number of hydrogen-bond donors (Lipinski definition) is 3. The Morgan fingerprint density at radius 2 is 1.97 bits per heavy atom. The first-order chi connectivity index (χ1) is 17.5. The zero-order valence-electron chi connectivity index (χ0n) is 21.8. The third-order valence-corrected chi connectivity index (χ3v) is 7.56. The van der Waals surface area contributed by atoms with E-state index in [-0.39, 0.29) is 24.1 Å². The molecule has 36 heavy (non-hydrogen) atoms. The van der Waals surface area contributed by atoms with Crippen molar-refractivity contribution in [1.82, 2.24) is 20.9 Å². The highest BCUT2D eigenvalue weighted by Crippen LogP contribution is 2.34. The molecule has 0 spiro atoms. The van der Waals surface area contributed by atoms with Gasteiger partial charge in [-0.2, -0.15) is 0 Å². The van der Waals surface area contributed by atoms with E-state index in [9.17, 15) is 9.59 Å². The molecule has 0 radical (unpaired) electrons. The number of ether oxygens (including phenoxy) is 2. The number of nitrogens with zero attached hydrogens (tertiary/aromatic N) is 1. The number of likely N-dealkylation sites (N-methyl/N-ethyl adjacent to an activating group) is 1. The van der Waals surface area contributed by atoms with Crippen molar-refractivity contribution in [3.8, 4) is 0 Å². The Balaban J connectivity index is 1.62. The van der Waals surface area contributed by atoms with Gasteiger partial charge in [0.05, 0.1) is 19.8 Å². The van der Waals surface area contributed by atoms with Crippen LogP contribution in [0.4, 0.5) is 9.59 Å². The normalized spacial score (nSPS) is 20.4. The molecule has 0 bridgehead atoms. The molecule has 2 aliphatic rings. The predicted molar refractivity (Wildman–Crippen MR) is 142 cm³/mol. The number of amides is 3. The highest BCUT2D eigenvalue weighted by atomic mass is 35.5. The van der Waals surface area contributed by atoms with E-state index in [2.05, 4.69) is 20.7 Å². The molecule has 1 heterocycles. The number of carbonyl (C=O) groups is 2. The highest BCUT2D eigenvalue weighted by Gasteiger charge is 2.32. The molecule has 3 rings (SSSR count). The van der Waals surface area contributed by atoms with Gasteiger partial charge >= 0.3 is 12.1 Å². The number of rotatable bonds is 11. The largest absolute Gasteiger partial charge is 0.453 e. The standard InChI is InChI=1S/C27H43ClN4O4/c1-29-18-24(16-20-8-4-3-5-9-20)31-26(33)32-14-7-11-22(19-32)25(21-10-6-12-23(28)17-21)36-15-13-30-27(34)35-2/h6,10,12,17,20,22,24-25,29H,3-5,7-9,11,13-16,18-19H2,1-2H3,(H,30,34)(H,31,33)/t22?,24-,25-/m0/s1. The van der Waals surface area contributed by atoms with E-state index in [4.69, 9.17) is 16.3 Å². The molecule has 2 fully saturated rings. The van der Waals surface area contributed by atoms with Crippen LogP contribution < -0.4 is 16.0 Å². The summed E-state index contributed by atoms with van der Waals surface area (Å²) < 4.78 is 10.9. The van der Waals surface area contributed by atoms with E-state index >= 15 is 0 Å². The van der Waals surface area contributed by atoms with Crippen LogP contribution in [0.15, 0.2) is 24.3 Å². The number of alkyl carbamates (subject to hydrolysis) is 1. The number of hydrogen-bond acceptors (Lipinski definition) is 5. The van der Waals surface area contributed by atoms with Crippen LogP contribution in [0.5, 0.6) is 0 Å². The van der Waals surface area contributed by atoms with E-state index < -0.39 is 6.09 Å². The van der Waals surface area contributed by atoms with Crippen molar-refractivity contribution in [2.24, 2.45) is 11.8 Å². The summed E-state index contributed by atoms with van der Waals surface area (Å²) in [6.07, 6.45) is 8.67. The van der Waals surface area contributed by atoms with E-state index in [0.717, 1.165) is 37.9 Å². The van der Waals surface area contributed by atoms with Crippen LogP contribution in [0.3, 0.4) is 0 Å². The number of carbonyl (C=O) groups excluding carboxylic acids is 2. The van der Waals surface area contributed by atoms with Crippen molar-refractivity contribution in [3.63, 3.8) is 0 Å². The van der Waals surface area contributed by atoms with E-state index in [1.807, 2.05) is 36.2 Å². The zero-order chi connectivity index (χ0) is 25.8. The number of urea groups is 1. The SMILES string of the molecule is CNC[C@H](CC1CCCCC1)NC(=O)N1CCCC([C@@H](OCCNC(=O)OC)c2cccc(Cl)c2)C1. The molecule has 3 atom stereocenters. The number of benzene rings is 1. The summed E-state index contributed by atoms with van der Waals surface area (Å²) in [5, 5.41) is 9.88. The van der Waals surface area contributed by atoms with Gasteiger partial charge in [-0.05, 0) is 49.9 Å². The van der Waals surface area contributed by atoms with Gasteiger partial charge in [-0.1, -0.05) is 55.8 Å². The molecule has 1 saturated carbocycles. The first-order valence-corrected chi connectivity index (χ1v) is 13.8. The van der Waals surface area contributed by atoms with Gasteiger partial charge in [-0.15, -0.1) is 0 Å². The summed E-state index contributed by atoms with van der Waals surface area (Å²) in [6, 6.07) is 7.84. The van der Waals surface area contributed by atoms with Crippen molar-refractivity contribution in [2.45, 2.75) is 63.5 Å². The van der Waals surface area contributed by atoms with E-state index in [1.54, 1.807) is 0 Å². The summed E-state index contributed by atoms with van der Waals surface area (Å²) in [6.45, 7) is 2.81. The van der Waals surface area contributed by atoms with Gasteiger partial charge in [-0.25, -0.2) is 9.59 Å². The Morgan fingerprint density at radius 3 is 2.69 bits per heavy atom. The molecule has 1 unspecified atom stereocenters. The molecule has 1 aliphatic heterocycles. The second kappa shape index (κ2) is 15.3.